The van der Waals surface area contributed by atoms with Gasteiger partial charge >= 0.3 is 0 Å². The molecule has 1 aromatic rings. The van der Waals surface area contributed by atoms with Crippen LogP contribution in [-0.4, -0.2) is 5.11 Å². The smallest absolute Gasteiger partial charge is 0.126 e. The highest BCUT2D eigenvalue weighted by Gasteiger charge is 2.08. The first-order valence-corrected chi connectivity index (χ1v) is 4.59. The summed E-state index contributed by atoms with van der Waals surface area (Å²) >= 11 is 0. The summed E-state index contributed by atoms with van der Waals surface area (Å²) < 4.78 is 12.9. The largest absolute Gasteiger partial charge is 0.388 e. The molecule has 1 rings (SSSR count). The molecular formula is C12H15FO. The van der Waals surface area contributed by atoms with Crippen LogP contribution in [0.2, 0.25) is 0 Å². The zero-order chi connectivity index (χ0) is 10.7. The molecule has 1 aromatic carbocycles. The molecule has 0 amide bonds. The Morgan fingerprint density at radius 3 is 2.71 bits per heavy atom. The molecule has 0 aliphatic heterocycles. The third kappa shape index (κ3) is 2.67. The lowest BCUT2D eigenvalue weighted by atomic mass is 10.0. The van der Waals surface area contributed by atoms with Crippen molar-refractivity contribution in [1.29, 1.82) is 0 Å². The van der Waals surface area contributed by atoms with E-state index >= 15 is 0 Å². The minimum absolute atomic E-state index is 0.240. The quantitative estimate of drug-likeness (QED) is 0.733. The molecule has 0 fully saturated rings. The molecule has 1 atom stereocenters. The standard InChI is InChI=1S/C12H15FO/c1-8(2)6-12(14)10-4-5-11(13)9(3)7-10/h4-5,7,12,14H,1,6H2,2-3H3. The van der Waals surface area contributed by atoms with E-state index in [4.69, 9.17) is 0 Å². The number of benzene rings is 1. The molecule has 1 nitrogen and oxygen atoms in total. The summed E-state index contributed by atoms with van der Waals surface area (Å²) in [5.41, 5.74) is 2.22. The molecule has 0 aliphatic rings. The third-order valence-electron chi connectivity index (χ3n) is 2.11. The van der Waals surface area contributed by atoms with Gasteiger partial charge in [0.15, 0.2) is 0 Å². The molecule has 14 heavy (non-hydrogen) atoms. The predicted molar refractivity (Wildman–Crippen MR) is 55.5 cm³/mol. The second-order valence-electron chi connectivity index (χ2n) is 3.69. The predicted octanol–water partition coefficient (Wildman–Crippen LogP) is 3.13. The fraction of sp³-hybridized carbons (Fsp3) is 0.333. The van der Waals surface area contributed by atoms with Gasteiger partial charge in [-0.25, -0.2) is 4.39 Å². The van der Waals surface area contributed by atoms with Gasteiger partial charge in [-0.3, -0.25) is 0 Å². The summed E-state index contributed by atoms with van der Waals surface area (Å²) in [6.45, 7) is 7.27. The van der Waals surface area contributed by atoms with Crippen LogP contribution < -0.4 is 0 Å². The van der Waals surface area contributed by atoms with Gasteiger partial charge in [-0.15, -0.1) is 6.58 Å². The summed E-state index contributed by atoms with van der Waals surface area (Å²) in [6.07, 6.45) is -0.0581. The average molecular weight is 194 g/mol. The van der Waals surface area contributed by atoms with Crippen molar-refractivity contribution in [2.45, 2.75) is 26.4 Å². The highest BCUT2D eigenvalue weighted by molar-refractivity contribution is 5.26. The zero-order valence-electron chi connectivity index (χ0n) is 8.55. The maximum absolute atomic E-state index is 12.9. The monoisotopic (exact) mass is 194 g/mol. The Morgan fingerprint density at radius 2 is 2.21 bits per heavy atom. The molecule has 0 spiro atoms. The molecule has 1 N–H and O–H groups in total. The normalized spacial score (nSPS) is 12.6. The number of aryl methyl sites for hydroxylation is 1. The van der Waals surface area contributed by atoms with Crippen LogP contribution in [0.3, 0.4) is 0 Å². The fourth-order valence-electron chi connectivity index (χ4n) is 1.32. The van der Waals surface area contributed by atoms with Gasteiger partial charge in [0.05, 0.1) is 6.10 Å². The average Bonchev–Trinajstić information content (AvgIpc) is 2.08. The summed E-state index contributed by atoms with van der Waals surface area (Å²) in [6, 6.07) is 4.66. The molecule has 2 heteroatoms. The molecule has 0 aliphatic carbocycles. The topological polar surface area (TPSA) is 20.2 Å². The molecule has 0 saturated heterocycles. The number of hydrogen-bond acceptors (Lipinski definition) is 1. The van der Waals surface area contributed by atoms with Gasteiger partial charge in [-0.05, 0) is 37.5 Å². The Kier molecular flexibility index (Phi) is 3.42. The van der Waals surface area contributed by atoms with E-state index in [1.54, 1.807) is 19.1 Å². The second-order valence-corrected chi connectivity index (χ2v) is 3.69. The number of rotatable bonds is 3. The third-order valence-corrected chi connectivity index (χ3v) is 2.11. The second kappa shape index (κ2) is 4.38. The Bertz CT molecular complexity index is 344. The van der Waals surface area contributed by atoms with Crippen molar-refractivity contribution in [3.8, 4) is 0 Å². The molecule has 0 saturated carbocycles. The number of halogens is 1. The maximum atomic E-state index is 12.9. The van der Waals surface area contributed by atoms with E-state index in [1.807, 2.05) is 6.92 Å². The van der Waals surface area contributed by atoms with E-state index in [0.717, 1.165) is 11.1 Å². The van der Waals surface area contributed by atoms with E-state index in [-0.39, 0.29) is 5.82 Å². The lowest BCUT2D eigenvalue weighted by Gasteiger charge is -2.11. The lowest BCUT2D eigenvalue weighted by Crippen LogP contribution is -1.98. The van der Waals surface area contributed by atoms with E-state index in [2.05, 4.69) is 6.58 Å². The van der Waals surface area contributed by atoms with Crippen LogP contribution in [0.15, 0.2) is 30.4 Å². The summed E-state index contributed by atoms with van der Waals surface area (Å²) in [5.74, 6) is -0.240. The van der Waals surface area contributed by atoms with Crippen LogP contribution in [0.4, 0.5) is 4.39 Å². The van der Waals surface area contributed by atoms with Crippen molar-refractivity contribution in [2.75, 3.05) is 0 Å². The zero-order valence-corrected chi connectivity index (χ0v) is 8.55. The van der Waals surface area contributed by atoms with Gasteiger partial charge in [-0.1, -0.05) is 17.7 Å². The summed E-state index contributed by atoms with van der Waals surface area (Å²) in [5, 5.41) is 9.72. The van der Waals surface area contributed by atoms with Crippen LogP contribution in [0.25, 0.3) is 0 Å². The Labute approximate surface area is 83.9 Å². The molecule has 76 valence electrons. The van der Waals surface area contributed by atoms with Crippen LogP contribution in [0.1, 0.15) is 30.6 Å². The number of aliphatic hydroxyl groups excluding tert-OH is 1. The minimum Gasteiger partial charge on any atom is -0.388 e. The Morgan fingerprint density at radius 1 is 1.57 bits per heavy atom. The first-order chi connectivity index (χ1) is 6.50. The Hall–Kier alpha value is -1.15. The highest BCUT2D eigenvalue weighted by Crippen LogP contribution is 2.21. The Balaban J connectivity index is 2.85. The van der Waals surface area contributed by atoms with Gasteiger partial charge in [0.1, 0.15) is 5.82 Å². The van der Waals surface area contributed by atoms with Crippen molar-refractivity contribution in [1.82, 2.24) is 0 Å². The maximum Gasteiger partial charge on any atom is 0.126 e. The number of hydrogen-bond donors (Lipinski definition) is 1. The van der Waals surface area contributed by atoms with Gasteiger partial charge in [-0.2, -0.15) is 0 Å². The van der Waals surface area contributed by atoms with Gasteiger partial charge in [0.25, 0.3) is 0 Å². The molecular weight excluding hydrogens is 179 g/mol. The molecule has 0 radical (unpaired) electrons. The van der Waals surface area contributed by atoms with Crippen molar-refractivity contribution in [2.24, 2.45) is 0 Å². The van der Waals surface area contributed by atoms with Crippen LogP contribution >= 0.6 is 0 Å². The van der Waals surface area contributed by atoms with E-state index < -0.39 is 6.10 Å². The van der Waals surface area contributed by atoms with E-state index in [0.29, 0.717) is 12.0 Å². The molecule has 0 heterocycles. The van der Waals surface area contributed by atoms with Gasteiger partial charge < -0.3 is 5.11 Å². The van der Waals surface area contributed by atoms with E-state index in [1.165, 1.54) is 6.07 Å². The SMILES string of the molecule is C=C(C)CC(O)c1ccc(F)c(C)c1. The summed E-state index contributed by atoms with van der Waals surface area (Å²) in [4.78, 5) is 0. The van der Waals surface area contributed by atoms with Crippen molar-refractivity contribution in [3.05, 3.63) is 47.3 Å². The van der Waals surface area contributed by atoms with E-state index in [9.17, 15) is 9.50 Å². The highest BCUT2D eigenvalue weighted by atomic mass is 19.1. The van der Waals surface area contributed by atoms with Crippen LogP contribution in [0.5, 0.6) is 0 Å². The number of aliphatic hydroxyl groups is 1. The van der Waals surface area contributed by atoms with Crippen LogP contribution in [0, 0.1) is 12.7 Å². The van der Waals surface area contributed by atoms with Crippen LogP contribution in [-0.2, 0) is 0 Å². The fourth-order valence-corrected chi connectivity index (χ4v) is 1.32. The summed E-state index contributed by atoms with van der Waals surface area (Å²) in [7, 11) is 0. The minimum atomic E-state index is -0.577. The molecule has 0 aromatic heterocycles. The van der Waals surface area contributed by atoms with Gasteiger partial charge in [0.2, 0.25) is 0 Å². The first-order valence-electron chi connectivity index (χ1n) is 4.59. The lowest BCUT2D eigenvalue weighted by molar-refractivity contribution is 0.178. The van der Waals surface area contributed by atoms with Crippen molar-refractivity contribution in [3.63, 3.8) is 0 Å². The molecule has 1 unspecified atom stereocenters. The van der Waals surface area contributed by atoms with Gasteiger partial charge in [0, 0.05) is 0 Å². The first kappa shape index (κ1) is 10.9. The van der Waals surface area contributed by atoms with Crippen molar-refractivity contribution >= 4 is 0 Å². The van der Waals surface area contributed by atoms with Crippen molar-refractivity contribution < 1.29 is 9.50 Å². The molecule has 0 bridgehead atoms.